The van der Waals surface area contributed by atoms with Gasteiger partial charge in [-0.2, -0.15) is 0 Å². The third-order valence-corrected chi connectivity index (χ3v) is 4.84. The van der Waals surface area contributed by atoms with Crippen LogP contribution in [0.3, 0.4) is 0 Å². The van der Waals surface area contributed by atoms with Crippen LogP contribution in [0.25, 0.3) is 0 Å². The van der Waals surface area contributed by atoms with Crippen molar-refractivity contribution in [2.24, 2.45) is 5.41 Å². The first-order valence-corrected chi connectivity index (χ1v) is 9.38. The van der Waals surface area contributed by atoms with E-state index in [1.165, 1.54) is 6.42 Å². The molecule has 1 saturated carbocycles. The molecule has 1 spiro atoms. The molecule has 1 heterocycles. The molecule has 1 aliphatic heterocycles. The Hall–Kier alpha value is -1.46. The van der Waals surface area contributed by atoms with Crippen molar-refractivity contribution in [3.63, 3.8) is 0 Å². The van der Waals surface area contributed by atoms with Crippen molar-refractivity contribution in [2.75, 3.05) is 13.1 Å². The first-order chi connectivity index (χ1) is 11.4. The molecule has 1 aliphatic carbocycles. The van der Waals surface area contributed by atoms with Crippen molar-refractivity contribution >= 4 is 12.2 Å². The molecule has 0 aromatic carbocycles. The number of hydrogen-bond donors (Lipinski definition) is 1. The van der Waals surface area contributed by atoms with E-state index in [0.717, 1.165) is 25.7 Å². The van der Waals surface area contributed by atoms with Crippen molar-refractivity contribution in [2.45, 2.75) is 90.9 Å². The third-order valence-electron chi connectivity index (χ3n) is 4.84. The summed E-state index contributed by atoms with van der Waals surface area (Å²) in [6, 6.07) is -0.0878. The van der Waals surface area contributed by atoms with Crippen molar-refractivity contribution < 1.29 is 19.1 Å². The van der Waals surface area contributed by atoms with Crippen LogP contribution in [0.15, 0.2) is 0 Å². The lowest BCUT2D eigenvalue weighted by Crippen LogP contribution is -2.49. The predicted octanol–water partition coefficient (Wildman–Crippen LogP) is 4.08. The molecule has 0 bridgehead atoms. The Kier molecular flexibility index (Phi) is 5.59. The summed E-state index contributed by atoms with van der Waals surface area (Å²) in [6.45, 7) is 12.3. The predicted molar refractivity (Wildman–Crippen MR) is 96.5 cm³/mol. The molecular formula is C19H34N2O4. The molecule has 25 heavy (non-hydrogen) atoms. The van der Waals surface area contributed by atoms with Crippen molar-refractivity contribution in [1.82, 2.24) is 10.2 Å². The van der Waals surface area contributed by atoms with Gasteiger partial charge in [-0.15, -0.1) is 0 Å². The molecule has 2 rings (SSSR count). The van der Waals surface area contributed by atoms with Gasteiger partial charge in [0.1, 0.15) is 11.2 Å². The average Bonchev–Trinajstić information content (AvgIpc) is 2.74. The summed E-state index contributed by atoms with van der Waals surface area (Å²) in [4.78, 5) is 26.5. The molecular weight excluding hydrogens is 320 g/mol. The van der Waals surface area contributed by atoms with Gasteiger partial charge in [-0.05, 0) is 54.4 Å². The maximum Gasteiger partial charge on any atom is 0.410 e. The number of carbonyl (C=O) groups excluding carboxylic acids is 2. The summed E-state index contributed by atoms with van der Waals surface area (Å²) in [6.07, 6.45) is 4.82. The van der Waals surface area contributed by atoms with E-state index in [-0.39, 0.29) is 17.6 Å². The molecule has 2 fully saturated rings. The number of likely N-dealkylation sites (tertiary alicyclic amines) is 1. The second-order valence-corrected chi connectivity index (χ2v) is 9.48. The molecule has 0 radical (unpaired) electrons. The van der Waals surface area contributed by atoms with Crippen molar-refractivity contribution in [3.05, 3.63) is 0 Å². The van der Waals surface area contributed by atoms with E-state index in [1.54, 1.807) is 4.90 Å². The molecule has 1 unspecified atom stereocenters. The molecule has 1 atom stereocenters. The Morgan fingerprint density at radius 3 is 2.04 bits per heavy atom. The van der Waals surface area contributed by atoms with Gasteiger partial charge in [-0.3, -0.25) is 0 Å². The van der Waals surface area contributed by atoms with E-state index in [0.29, 0.717) is 13.1 Å². The monoisotopic (exact) mass is 354 g/mol. The fraction of sp³-hybridized carbons (Fsp3) is 0.895. The Labute approximate surface area is 151 Å². The lowest BCUT2D eigenvalue weighted by Gasteiger charge is -2.38. The second kappa shape index (κ2) is 7.04. The minimum atomic E-state index is -0.534. The van der Waals surface area contributed by atoms with Gasteiger partial charge in [0.25, 0.3) is 0 Å². The summed E-state index contributed by atoms with van der Waals surface area (Å²) < 4.78 is 11.0. The van der Waals surface area contributed by atoms with Crippen LogP contribution in [-0.4, -0.2) is 47.4 Å². The number of hydrogen-bond acceptors (Lipinski definition) is 4. The number of rotatable bonds is 1. The Morgan fingerprint density at radius 2 is 1.52 bits per heavy atom. The van der Waals surface area contributed by atoms with Crippen LogP contribution in [0.4, 0.5) is 9.59 Å². The molecule has 1 N–H and O–H groups in total. The Morgan fingerprint density at radius 1 is 0.960 bits per heavy atom. The maximum absolute atomic E-state index is 12.5. The van der Waals surface area contributed by atoms with Crippen molar-refractivity contribution in [3.8, 4) is 0 Å². The number of alkyl carbamates (subject to hydrolysis) is 1. The molecule has 0 aromatic heterocycles. The number of ether oxygens (including phenoxy) is 2. The highest BCUT2D eigenvalue weighted by Crippen LogP contribution is 2.44. The van der Waals surface area contributed by atoms with E-state index in [4.69, 9.17) is 9.47 Å². The Balaban J connectivity index is 2.09. The number of nitrogens with zero attached hydrogens (tertiary/aromatic N) is 1. The van der Waals surface area contributed by atoms with Gasteiger partial charge in [0.2, 0.25) is 0 Å². The minimum Gasteiger partial charge on any atom is -0.444 e. The van der Waals surface area contributed by atoms with Crippen LogP contribution in [0.1, 0.15) is 73.6 Å². The highest BCUT2D eigenvalue weighted by Gasteiger charge is 2.50. The summed E-state index contributed by atoms with van der Waals surface area (Å²) in [5, 5.41) is 3.03. The number of amides is 2. The fourth-order valence-electron chi connectivity index (χ4n) is 3.85. The lowest BCUT2D eigenvalue weighted by molar-refractivity contribution is 0.0262. The van der Waals surface area contributed by atoms with Gasteiger partial charge in [-0.25, -0.2) is 9.59 Å². The fourth-order valence-corrected chi connectivity index (χ4v) is 3.85. The van der Waals surface area contributed by atoms with Gasteiger partial charge < -0.3 is 19.7 Å². The first-order valence-electron chi connectivity index (χ1n) is 9.38. The molecule has 2 amide bonds. The Bertz CT molecular complexity index is 499. The molecule has 1 saturated heterocycles. The van der Waals surface area contributed by atoms with Gasteiger partial charge in [-0.1, -0.05) is 19.3 Å². The zero-order valence-electron chi connectivity index (χ0n) is 16.6. The quantitative estimate of drug-likeness (QED) is 0.770. The standard InChI is InChI=1S/C19H34N2O4/c1-17(2,3)24-15(22)20-14-12-21(16(23)25-18(4,5)6)13-19(14)10-8-7-9-11-19/h14H,7-13H2,1-6H3,(H,20,22). The molecule has 144 valence electrons. The summed E-state index contributed by atoms with van der Waals surface area (Å²) in [5.74, 6) is 0. The maximum atomic E-state index is 12.5. The third kappa shape index (κ3) is 5.51. The van der Waals surface area contributed by atoms with Gasteiger partial charge in [0, 0.05) is 18.5 Å². The van der Waals surface area contributed by atoms with E-state index < -0.39 is 17.3 Å². The van der Waals surface area contributed by atoms with E-state index in [1.807, 2.05) is 41.5 Å². The normalized spacial score (nSPS) is 23.4. The molecule has 2 aliphatic rings. The van der Waals surface area contributed by atoms with Crippen LogP contribution < -0.4 is 5.32 Å². The zero-order chi connectivity index (χ0) is 18.9. The van der Waals surface area contributed by atoms with Crippen LogP contribution in [0, 0.1) is 5.41 Å². The van der Waals surface area contributed by atoms with Crippen LogP contribution in [-0.2, 0) is 9.47 Å². The van der Waals surface area contributed by atoms with Crippen molar-refractivity contribution in [1.29, 1.82) is 0 Å². The van der Waals surface area contributed by atoms with E-state index in [9.17, 15) is 9.59 Å². The topological polar surface area (TPSA) is 67.9 Å². The minimum absolute atomic E-state index is 0.0634. The average molecular weight is 354 g/mol. The van der Waals surface area contributed by atoms with Gasteiger partial charge >= 0.3 is 12.2 Å². The summed E-state index contributed by atoms with van der Waals surface area (Å²) >= 11 is 0. The second-order valence-electron chi connectivity index (χ2n) is 9.48. The largest absolute Gasteiger partial charge is 0.444 e. The summed E-state index contributed by atoms with van der Waals surface area (Å²) in [5.41, 5.74) is -1.12. The number of nitrogens with one attached hydrogen (secondary N) is 1. The molecule has 0 aromatic rings. The SMILES string of the molecule is CC(C)(C)OC(=O)NC1CN(C(=O)OC(C)(C)C)CC12CCCCC2. The van der Waals surface area contributed by atoms with Crippen LogP contribution >= 0.6 is 0 Å². The van der Waals surface area contributed by atoms with Gasteiger partial charge in [0.05, 0.1) is 6.04 Å². The van der Waals surface area contributed by atoms with Gasteiger partial charge in [0.15, 0.2) is 0 Å². The molecule has 6 heteroatoms. The van der Waals surface area contributed by atoms with Crippen LogP contribution in [0.2, 0.25) is 0 Å². The molecule has 6 nitrogen and oxygen atoms in total. The summed E-state index contributed by atoms with van der Waals surface area (Å²) in [7, 11) is 0. The smallest absolute Gasteiger partial charge is 0.410 e. The van der Waals surface area contributed by atoms with Crippen LogP contribution in [0.5, 0.6) is 0 Å². The highest BCUT2D eigenvalue weighted by atomic mass is 16.6. The highest BCUT2D eigenvalue weighted by molar-refractivity contribution is 5.71. The van der Waals surface area contributed by atoms with E-state index in [2.05, 4.69) is 5.32 Å². The zero-order valence-corrected chi connectivity index (χ0v) is 16.6. The lowest BCUT2D eigenvalue weighted by atomic mass is 9.71. The van der Waals surface area contributed by atoms with E-state index >= 15 is 0 Å². The number of carbonyl (C=O) groups is 2. The first kappa shape index (κ1) is 19.9.